The molecule has 4 N–H and O–H groups in total. The van der Waals surface area contributed by atoms with Crippen molar-refractivity contribution in [2.45, 2.75) is 0 Å². The number of ether oxygens (including phenoxy) is 1. The number of H-pyrrole nitrogens is 1. The SMILES string of the molecule is O=C(O)COc1cc(-c2cc3ccc(C(=O)[O-])cc3[nH]2)ccc1N(CC(=O)O)CC(=O)O.[K+].[K+].[K+].[K+]. The Bertz CT molecular complexity index is 1220. The van der Waals surface area contributed by atoms with E-state index in [-0.39, 0.29) is 223 Å². The van der Waals surface area contributed by atoms with Gasteiger partial charge in [-0.15, -0.1) is 0 Å². The third kappa shape index (κ3) is 11.9. The Hall–Kier alpha value is 2.01. The standard InChI is InChI=1S/C21H18N2O9.4K/c24-18(25)8-23(9-19(26)27)16-4-3-12(7-17(16)32-10-20(28)29)14-5-11-1-2-13(21(30)31)6-15(11)22-14;;;;/h1-7,22H,8-10H2,(H,24,25)(H,26,27)(H,28,29)(H,30,31);;;;/q;4*+1/p-1. The maximum atomic E-state index is 11.2. The van der Waals surface area contributed by atoms with Crippen LogP contribution < -0.4 is 220 Å². The Kier molecular flexibility index (Phi) is 21.4. The number of nitrogens with one attached hydrogen (secondary N) is 1. The topological polar surface area (TPSA) is 180 Å². The van der Waals surface area contributed by atoms with E-state index >= 15 is 0 Å². The predicted octanol–water partition coefficient (Wildman–Crippen LogP) is -11.3. The maximum Gasteiger partial charge on any atom is 1.00 e. The minimum atomic E-state index is -1.33. The van der Waals surface area contributed by atoms with Gasteiger partial charge in [-0.2, -0.15) is 0 Å². The molecule has 36 heavy (non-hydrogen) atoms. The Morgan fingerprint density at radius 1 is 0.833 bits per heavy atom. The number of aromatic amines is 1. The van der Waals surface area contributed by atoms with Crippen molar-refractivity contribution >= 4 is 40.5 Å². The Balaban J connectivity index is 0. The summed E-state index contributed by atoms with van der Waals surface area (Å²) in [5.41, 5.74) is 1.67. The molecule has 2 aromatic carbocycles. The summed E-state index contributed by atoms with van der Waals surface area (Å²) in [6.07, 6.45) is 0. The van der Waals surface area contributed by atoms with Gasteiger partial charge in [0.15, 0.2) is 6.61 Å². The van der Waals surface area contributed by atoms with E-state index in [2.05, 4.69) is 4.98 Å². The van der Waals surface area contributed by atoms with Crippen LogP contribution in [0.2, 0.25) is 0 Å². The van der Waals surface area contributed by atoms with Crippen LogP contribution in [0.5, 0.6) is 5.75 Å². The van der Waals surface area contributed by atoms with Crippen molar-refractivity contribution in [1.29, 1.82) is 0 Å². The summed E-state index contributed by atoms with van der Waals surface area (Å²) in [6.45, 7) is -2.02. The summed E-state index contributed by atoms with van der Waals surface area (Å²) in [4.78, 5) is 48.5. The molecule has 0 saturated heterocycles. The molecule has 15 heteroatoms. The summed E-state index contributed by atoms with van der Waals surface area (Å²) in [6, 6.07) is 10.6. The van der Waals surface area contributed by atoms with Gasteiger partial charge in [-0.1, -0.05) is 18.2 Å². The molecule has 166 valence electrons. The molecule has 0 unspecified atom stereocenters. The zero-order chi connectivity index (χ0) is 23.4. The van der Waals surface area contributed by atoms with Crippen LogP contribution in [-0.4, -0.2) is 63.9 Å². The van der Waals surface area contributed by atoms with Crippen LogP contribution in [0, 0.1) is 0 Å². The quantitative estimate of drug-likeness (QED) is 0.164. The Morgan fingerprint density at radius 2 is 1.44 bits per heavy atom. The number of carboxylic acid groups (broad SMARTS) is 4. The van der Waals surface area contributed by atoms with Crippen LogP contribution >= 0.6 is 0 Å². The van der Waals surface area contributed by atoms with E-state index in [1.807, 2.05) is 0 Å². The average Bonchev–Trinajstić information content (AvgIpc) is 3.14. The predicted molar refractivity (Wildman–Crippen MR) is 109 cm³/mol. The Labute approximate surface area is 375 Å². The van der Waals surface area contributed by atoms with Gasteiger partial charge in [0.25, 0.3) is 0 Å². The summed E-state index contributed by atoms with van der Waals surface area (Å²) < 4.78 is 5.30. The number of hydrogen-bond acceptors (Lipinski definition) is 7. The number of aliphatic carboxylic acids is 3. The maximum absolute atomic E-state index is 11.2. The van der Waals surface area contributed by atoms with Gasteiger partial charge >= 0.3 is 223 Å². The molecule has 1 aromatic heterocycles. The molecule has 11 nitrogen and oxygen atoms in total. The van der Waals surface area contributed by atoms with Crippen molar-refractivity contribution < 1.29 is 250 Å². The number of anilines is 1. The van der Waals surface area contributed by atoms with Gasteiger partial charge < -0.3 is 39.8 Å². The second-order valence-corrected chi connectivity index (χ2v) is 6.78. The smallest absolute Gasteiger partial charge is 0.545 e. The first-order valence-corrected chi connectivity index (χ1v) is 9.15. The van der Waals surface area contributed by atoms with Gasteiger partial charge in [0.2, 0.25) is 0 Å². The fraction of sp³-hybridized carbons (Fsp3) is 0.143. The zero-order valence-electron chi connectivity index (χ0n) is 20.4. The molecule has 3 aromatic rings. The first-order valence-electron chi connectivity index (χ1n) is 9.15. The van der Waals surface area contributed by atoms with Crippen molar-refractivity contribution in [3.8, 4) is 17.0 Å². The first-order chi connectivity index (χ1) is 15.1. The molecule has 0 atom stereocenters. The molecule has 0 amide bonds. The second-order valence-electron chi connectivity index (χ2n) is 6.78. The van der Waals surface area contributed by atoms with Crippen LogP contribution in [0.4, 0.5) is 5.69 Å². The monoisotopic (exact) mass is 597 g/mol. The summed E-state index contributed by atoms with van der Waals surface area (Å²) >= 11 is 0. The van der Waals surface area contributed by atoms with Crippen molar-refractivity contribution in [3.63, 3.8) is 0 Å². The minimum Gasteiger partial charge on any atom is -0.545 e. The van der Waals surface area contributed by atoms with Crippen LogP contribution in [-0.2, 0) is 14.4 Å². The largest absolute Gasteiger partial charge is 1.00 e. The van der Waals surface area contributed by atoms with Gasteiger partial charge in [0.05, 0.1) is 11.7 Å². The van der Waals surface area contributed by atoms with Gasteiger partial charge in [-0.3, -0.25) is 9.59 Å². The van der Waals surface area contributed by atoms with Gasteiger partial charge in [-0.05, 0) is 29.8 Å². The number of hydrogen-bond donors (Lipinski definition) is 4. The van der Waals surface area contributed by atoms with Crippen LogP contribution in [0.1, 0.15) is 10.4 Å². The summed E-state index contributed by atoms with van der Waals surface area (Å²) in [5, 5.41) is 39.0. The van der Waals surface area contributed by atoms with E-state index in [0.717, 1.165) is 4.90 Å². The third-order valence-electron chi connectivity index (χ3n) is 4.47. The molecule has 1 heterocycles. The molecule has 0 spiro atoms. The fourth-order valence-corrected chi connectivity index (χ4v) is 3.16. The number of rotatable bonds is 10. The second kappa shape index (κ2) is 19.2. The minimum absolute atomic E-state index is 0. The summed E-state index contributed by atoms with van der Waals surface area (Å²) in [7, 11) is 0. The van der Waals surface area contributed by atoms with Crippen LogP contribution in [0.3, 0.4) is 0 Å². The molecule has 3 rings (SSSR count). The van der Waals surface area contributed by atoms with Gasteiger partial charge in [0.1, 0.15) is 18.8 Å². The molecule has 0 bridgehead atoms. The van der Waals surface area contributed by atoms with E-state index < -0.39 is 43.6 Å². The fourth-order valence-electron chi connectivity index (χ4n) is 3.16. The molecular formula is C21H17K4N2O9+3. The zero-order valence-corrected chi connectivity index (χ0v) is 32.9. The van der Waals surface area contributed by atoms with Crippen molar-refractivity contribution in [3.05, 3.63) is 48.0 Å². The Morgan fingerprint density at radius 3 is 1.97 bits per heavy atom. The number of aromatic carboxylic acids is 1. The molecule has 0 saturated carbocycles. The molecule has 0 aliphatic heterocycles. The van der Waals surface area contributed by atoms with E-state index in [4.69, 9.17) is 20.1 Å². The summed E-state index contributed by atoms with van der Waals surface area (Å²) in [5.74, 6) is -5.18. The van der Waals surface area contributed by atoms with E-state index in [1.165, 1.54) is 24.3 Å². The van der Waals surface area contributed by atoms with Gasteiger partial charge in [-0.25, -0.2) is 4.79 Å². The van der Waals surface area contributed by atoms with Crippen molar-refractivity contribution in [2.24, 2.45) is 0 Å². The van der Waals surface area contributed by atoms with Crippen LogP contribution in [0.25, 0.3) is 22.2 Å². The van der Waals surface area contributed by atoms with E-state index in [1.54, 1.807) is 18.2 Å². The normalized spacial score (nSPS) is 9.44. The van der Waals surface area contributed by atoms with E-state index in [9.17, 15) is 24.3 Å². The molecule has 0 aliphatic carbocycles. The number of nitrogens with zero attached hydrogens (tertiary/aromatic N) is 1. The molecule has 0 radical (unpaired) electrons. The number of aromatic nitrogens is 1. The number of benzene rings is 2. The number of fused-ring (bicyclic) bond motifs is 1. The molecular weight excluding hydrogens is 581 g/mol. The molecule has 0 aliphatic rings. The van der Waals surface area contributed by atoms with Crippen LogP contribution in [0.15, 0.2) is 42.5 Å². The van der Waals surface area contributed by atoms with Crippen molar-refractivity contribution in [1.82, 2.24) is 4.98 Å². The number of carbonyl (C=O) groups is 4. The molecule has 0 fully saturated rings. The number of carboxylic acids is 4. The van der Waals surface area contributed by atoms with Crippen molar-refractivity contribution in [2.75, 3.05) is 24.6 Å². The van der Waals surface area contributed by atoms with E-state index in [0.29, 0.717) is 22.2 Å². The average molecular weight is 598 g/mol. The third-order valence-corrected chi connectivity index (χ3v) is 4.47. The first kappa shape index (κ1) is 40.1. The van der Waals surface area contributed by atoms with Gasteiger partial charge in [0, 0.05) is 22.2 Å². The number of carbonyl (C=O) groups excluding carboxylic acids is 1.